The first-order valence-corrected chi connectivity index (χ1v) is 8.65. The van der Waals surface area contributed by atoms with Crippen molar-refractivity contribution >= 4 is 17.5 Å². The van der Waals surface area contributed by atoms with Crippen LogP contribution in [0.5, 0.6) is 0 Å². The molecular formula is C20H23N3O2. The minimum atomic E-state index is -0.0756. The molecule has 1 aliphatic rings. The van der Waals surface area contributed by atoms with Gasteiger partial charge in [0.15, 0.2) is 0 Å². The second-order valence-corrected chi connectivity index (χ2v) is 6.46. The minimum Gasteiger partial charge on any atom is -0.349 e. The van der Waals surface area contributed by atoms with Crippen molar-refractivity contribution in [2.75, 3.05) is 4.90 Å². The van der Waals surface area contributed by atoms with Crippen LogP contribution in [0.3, 0.4) is 0 Å². The molecule has 2 aromatic rings. The second-order valence-electron chi connectivity index (χ2n) is 6.46. The van der Waals surface area contributed by atoms with Crippen molar-refractivity contribution in [1.82, 2.24) is 10.3 Å². The lowest BCUT2D eigenvalue weighted by atomic mass is 9.91. The highest BCUT2D eigenvalue weighted by molar-refractivity contribution is 6.07. The third-order valence-electron chi connectivity index (χ3n) is 4.62. The number of pyridine rings is 1. The van der Waals surface area contributed by atoms with E-state index in [-0.39, 0.29) is 23.9 Å². The summed E-state index contributed by atoms with van der Waals surface area (Å²) in [6.07, 6.45) is 3.18. The number of aromatic nitrogens is 1. The van der Waals surface area contributed by atoms with Crippen LogP contribution < -0.4 is 10.2 Å². The Kier molecular flexibility index (Phi) is 4.83. The number of hydrogen-bond donors (Lipinski definition) is 1. The molecule has 0 saturated carbocycles. The van der Waals surface area contributed by atoms with Crippen LogP contribution in [0.1, 0.15) is 54.8 Å². The number of rotatable bonds is 3. The predicted octanol–water partition coefficient (Wildman–Crippen LogP) is 3.26. The van der Waals surface area contributed by atoms with Crippen LogP contribution in [0.25, 0.3) is 0 Å². The molecule has 1 aliphatic heterocycles. The summed E-state index contributed by atoms with van der Waals surface area (Å²) in [5, 5.41) is 2.99. The van der Waals surface area contributed by atoms with Crippen LogP contribution in [0.15, 0.2) is 42.6 Å². The molecule has 0 spiro atoms. The first-order chi connectivity index (χ1) is 12.0. The Morgan fingerprint density at radius 3 is 2.64 bits per heavy atom. The SMILES string of the molecule is CCc1ccc(C(=O)N2c3ccccc3[C@H](NC(C)=O)C[C@@H]2C)cn1. The van der Waals surface area contributed by atoms with Crippen molar-refractivity contribution < 1.29 is 9.59 Å². The first-order valence-electron chi connectivity index (χ1n) is 8.65. The molecule has 1 N–H and O–H groups in total. The molecule has 0 aliphatic carbocycles. The molecule has 130 valence electrons. The van der Waals surface area contributed by atoms with Gasteiger partial charge in [-0.3, -0.25) is 14.6 Å². The zero-order valence-corrected chi connectivity index (χ0v) is 14.8. The smallest absolute Gasteiger partial charge is 0.260 e. The highest BCUT2D eigenvalue weighted by Gasteiger charge is 2.34. The van der Waals surface area contributed by atoms with E-state index in [1.165, 1.54) is 6.92 Å². The zero-order chi connectivity index (χ0) is 18.0. The number of para-hydroxylation sites is 1. The normalized spacial score (nSPS) is 19.2. The molecule has 0 unspecified atom stereocenters. The van der Waals surface area contributed by atoms with Crippen molar-refractivity contribution in [2.45, 2.75) is 45.7 Å². The highest BCUT2D eigenvalue weighted by atomic mass is 16.2. The van der Waals surface area contributed by atoms with E-state index in [4.69, 9.17) is 0 Å². The van der Waals surface area contributed by atoms with Crippen molar-refractivity contribution in [2.24, 2.45) is 0 Å². The number of amides is 2. The highest BCUT2D eigenvalue weighted by Crippen LogP contribution is 2.37. The maximum Gasteiger partial charge on any atom is 0.260 e. The lowest BCUT2D eigenvalue weighted by molar-refractivity contribution is -0.119. The molecule has 3 rings (SSSR count). The fourth-order valence-electron chi connectivity index (χ4n) is 3.40. The zero-order valence-electron chi connectivity index (χ0n) is 14.8. The summed E-state index contributed by atoms with van der Waals surface area (Å²) in [4.78, 5) is 30.8. The third kappa shape index (κ3) is 3.40. The van der Waals surface area contributed by atoms with Gasteiger partial charge in [0.2, 0.25) is 5.91 Å². The van der Waals surface area contributed by atoms with Gasteiger partial charge in [-0.1, -0.05) is 25.1 Å². The van der Waals surface area contributed by atoms with Crippen molar-refractivity contribution in [3.63, 3.8) is 0 Å². The summed E-state index contributed by atoms with van der Waals surface area (Å²) in [7, 11) is 0. The molecular weight excluding hydrogens is 314 g/mol. The van der Waals surface area contributed by atoms with Gasteiger partial charge in [0.25, 0.3) is 5.91 Å². The maximum absolute atomic E-state index is 13.1. The predicted molar refractivity (Wildman–Crippen MR) is 97.5 cm³/mol. The molecule has 5 nitrogen and oxygen atoms in total. The molecule has 2 heterocycles. The first kappa shape index (κ1) is 17.1. The molecule has 5 heteroatoms. The van der Waals surface area contributed by atoms with E-state index in [0.717, 1.165) is 23.4 Å². The van der Waals surface area contributed by atoms with E-state index < -0.39 is 0 Å². The Bertz CT molecular complexity index is 786. The lowest BCUT2D eigenvalue weighted by Crippen LogP contribution is -2.46. The average Bonchev–Trinajstić information content (AvgIpc) is 2.61. The van der Waals surface area contributed by atoms with Crippen molar-refractivity contribution in [1.29, 1.82) is 0 Å². The fourth-order valence-corrected chi connectivity index (χ4v) is 3.40. The largest absolute Gasteiger partial charge is 0.349 e. The number of nitrogens with one attached hydrogen (secondary N) is 1. The van der Waals surface area contributed by atoms with E-state index in [9.17, 15) is 9.59 Å². The van der Waals surface area contributed by atoms with Gasteiger partial charge in [-0.15, -0.1) is 0 Å². The molecule has 0 radical (unpaired) electrons. The minimum absolute atomic E-state index is 0.0231. The Balaban J connectivity index is 1.97. The molecule has 1 aromatic carbocycles. The van der Waals surface area contributed by atoms with Gasteiger partial charge >= 0.3 is 0 Å². The number of carbonyl (C=O) groups excluding carboxylic acids is 2. The van der Waals surface area contributed by atoms with Gasteiger partial charge in [0.05, 0.1) is 11.6 Å². The third-order valence-corrected chi connectivity index (χ3v) is 4.62. The number of hydrogen-bond acceptors (Lipinski definition) is 3. The van der Waals surface area contributed by atoms with Crippen molar-refractivity contribution in [3.05, 3.63) is 59.4 Å². The molecule has 25 heavy (non-hydrogen) atoms. The summed E-state index contributed by atoms with van der Waals surface area (Å²) in [5.41, 5.74) is 3.37. The van der Waals surface area contributed by atoms with Crippen LogP contribution in [-0.2, 0) is 11.2 Å². The number of carbonyl (C=O) groups is 2. The van der Waals surface area contributed by atoms with Gasteiger partial charge in [-0.25, -0.2) is 0 Å². The van der Waals surface area contributed by atoms with Gasteiger partial charge in [0.1, 0.15) is 0 Å². The molecule has 0 saturated heterocycles. The molecule has 2 amide bonds. The Hall–Kier alpha value is -2.69. The number of nitrogens with zero attached hydrogens (tertiary/aromatic N) is 2. The summed E-state index contributed by atoms with van der Waals surface area (Å²) in [5.74, 6) is -0.123. The lowest BCUT2D eigenvalue weighted by Gasteiger charge is -2.39. The topological polar surface area (TPSA) is 62.3 Å². The molecule has 2 atom stereocenters. The van der Waals surface area contributed by atoms with Crippen LogP contribution in [-0.4, -0.2) is 22.8 Å². The number of anilines is 1. The van der Waals surface area contributed by atoms with Crippen LogP contribution >= 0.6 is 0 Å². The standard InChI is InChI=1S/C20H23N3O2/c1-4-16-10-9-15(12-21-16)20(25)23-13(2)11-18(22-14(3)24)17-7-5-6-8-19(17)23/h5-10,12-13,18H,4,11H2,1-3H3,(H,22,24)/t13-,18+/m0/s1. The Labute approximate surface area is 148 Å². The molecule has 1 aromatic heterocycles. The monoisotopic (exact) mass is 337 g/mol. The van der Waals surface area contributed by atoms with Gasteiger partial charge in [0, 0.05) is 30.5 Å². The number of aryl methyl sites for hydroxylation is 1. The van der Waals surface area contributed by atoms with E-state index in [1.807, 2.05) is 55.1 Å². The van der Waals surface area contributed by atoms with Crippen molar-refractivity contribution in [3.8, 4) is 0 Å². The van der Waals surface area contributed by atoms with E-state index in [2.05, 4.69) is 10.3 Å². The molecule has 0 bridgehead atoms. The van der Waals surface area contributed by atoms with E-state index in [0.29, 0.717) is 12.0 Å². The van der Waals surface area contributed by atoms with Crippen LogP contribution in [0.4, 0.5) is 5.69 Å². The molecule has 0 fully saturated rings. The summed E-state index contributed by atoms with van der Waals surface area (Å²) >= 11 is 0. The fraction of sp³-hybridized carbons (Fsp3) is 0.350. The second kappa shape index (κ2) is 7.05. The van der Waals surface area contributed by atoms with E-state index >= 15 is 0 Å². The average molecular weight is 337 g/mol. The van der Waals surface area contributed by atoms with E-state index in [1.54, 1.807) is 6.20 Å². The van der Waals surface area contributed by atoms with Gasteiger partial charge < -0.3 is 10.2 Å². The summed E-state index contributed by atoms with van der Waals surface area (Å²) < 4.78 is 0. The summed E-state index contributed by atoms with van der Waals surface area (Å²) in [6.45, 7) is 5.57. The number of benzene rings is 1. The maximum atomic E-state index is 13.1. The van der Waals surface area contributed by atoms with Gasteiger partial charge in [-0.05, 0) is 43.5 Å². The summed E-state index contributed by atoms with van der Waals surface area (Å²) in [6, 6.07) is 11.4. The Morgan fingerprint density at radius 2 is 2.00 bits per heavy atom. The van der Waals surface area contributed by atoms with Crippen LogP contribution in [0, 0.1) is 0 Å². The quantitative estimate of drug-likeness (QED) is 0.935. The van der Waals surface area contributed by atoms with Gasteiger partial charge in [-0.2, -0.15) is 0 Å². The Morgan fingerprint density at radius 1 is 1.24 bits per heavy atom. The number of fused-ring (bicyclic) bond motifs is 1. The van der Waals surface area contributed by atoms with Crippen LogP contribution in [0.2, 0.25) is 0 Å².